The summed E-state index contributed by atoms with van der Waals surface area (Å²) in [5, 5.41) is 0.614. The summed E-state index contributed by atoms with van der Waals surface area (Å²) in [6, 6.07) is 4.91. The zero-order chi connectivity index (χ0) is 30.7. The Morgan fingerprint density at radius 2 is 1.66 bits per heavy atom. The lowest BCUT2D eigenvalue weighted by Gasteiger charge is -2.44. The summed E-state index contributed by atoms with van der Waals surface area (Å²) in [7, 11) is 0. The fraction of sp³-hybridized carbons (Fsp3) is 0.545. The molecule has 2 N–H and O–H groups in total. The maximum absolute atomic E-state index is 14.4. The van der Waals surface area contributed by atoms with Crippen molar-refractivity contribution < 1.29 is 24.0 Å². The monoisotopic (exact) mass is 619 g/mol. The molecule has 5 amide bonds. The zero-order valence-electron chi connectivity index (χ0n) is 24.6. The van der Waals surface area contributed by atoms with E-state index < -0.39 is 29.6 Å². The van der Waals surface area contributed by atoms with Crippen LogP contribution >= 0.6 is 11.6 Å². The summed E-state index contributed by atoms with van der Waals surface area (Å²) < 4.78 is 0. The van der Waals surface area contributed by atoms with Crippen molar-refractivity contribution in [2.24, 2.45) is 11.7 Å². The highest BCUT2D eigenvalue weighted by molar-refractivity contribution is 6.31. The first-order valence-electron chi connectivity index (χ1n) is 15.9. The lowest BCUT2D eigenvalue weighted by molar-refractivity contribution is -0.156. The second-order valence-electron chi connectivity index (χ2n) is 13.0. The highest BCUT2D eigenvalue weighted by atomic mass is 35.5. The van der Waals surface area contributed by atoms with Gasteiger partial charge >= 0.3 is 0 Å². The minimum Gasteiger partial charge on any atom is -0.368 e. The molecule has 4 fully saturated rings. The van der Waals surface area contributed by atoms with Crippen LogP contribution in [-0.2, 0) is 30.4 Å². The first-order valence-corrected chi connectivity index (χ1v) is 16.3. The van der Waals surface area contributed by atoms with Gasteiger partial charge < -0.3 is 25.3 Å². The van der Waals surface area contributed by atoms with Gasteiger partial charge in [-0.15, -0.1) is 0 Å². The van der Waals surface area contributed by atoms with Crippen LogP contribution in [0.25, 0.3) is 0 Å². The second kappa shape index (κ2) is 11.1. The number of aryl methyl sites for hydroxylation is 1. The Morgan fingerprint density at radius 1 is 0.909 bits per heavy atom. The molecule has 10 nitrogen and oxygen atoms in total. The number of primary amides is 1. The van der Waals surface area contributed by atoms with Crippen molar-refractivity contribution in [3.63, 3.8) is 0 Å². The van der Waals surface area contributed by atoms with E-state index in [0.717, 1.165) is 5.56 Å². The Bertz CT molecular complexity index is 1480. The molecule has 7 atom stereocenters. The minimum atomic E-state index is -1.11. The number of hydrogen-bond donors (Lipinski definition) is 1. The van der Waals surface area contributed by atoms with Gasteiger partial charge in [0.2, 0.25) is 23.6 Å². The van der Waals surface area contributed by atoms with Crippen LogP contribution in [0.15, 0.2) is 48.6 Å². The van der Waals surface area contributed by atoms with Gasteiger partial charge in [-0.05, 0) is 63.0 Å². The largest absolute Gasteiger partial charge is 0.368 e. The molecular formula is C33H38ClN5O5. The third kappa shape index (κ3) is 4.47. The van der Waals surface area contributed by atoms with E-state index in [9.17, 15) is 24.0 Å². The molecule has 11 heteroatoms. The van der Waals surface area contributed by atoms with Crippen molar-refractivity contribution in [2.45, 2.75) is 93.5 Å². The van der Waals surface area contributed by atoms with Gasteiger partial charge in [0.15, 0.2) is 0 Å². The van der Waals surface area contributed by atoms with Crippen LogP contribution in [0, 0.1) is 5.92 Å². The molecule has 0 radical (unpaired) electrons. The fourth-order valence-corrected chi connectivity index (χ4v) is 8.84. The van der Waals surface area contributed by atoms with Crippen LogP contribution in [0.5, 0.6) is 0 Å². The molecule has 4 saturated heterocycles. The Labute approximate surface area is 261 Å². The topological polar surface area (TPSA) is 124 Å². The van der Waals surface area contributed by atoms with Gasteiger partial charge in [0.05, 0.1) is 12.1 Å². The minimum absolute atomic E-state index is 0.108. The predicted molar refractivity (Wildman–Crippen MR) is 162 cm³/mol. The molecule has 0 bridgehead atoms. The van der Waals surface area contributed by atoms with Crippen molar-refractivity contribution in [3.8, 4) is 0 Å². The van der Waals surface area contributed by atoms with Gasteiger partial charge in [0.1, 0.15) is 23.7 Å². The van der Waals surface area contributed by atoms with Crippen LogP contribution in [0.1, 0.15) is 56.9 Å². The molecular weight excluding hydrogens is 582 g/mol. The van der Waals surface area contributed by atoms with Gasteiger partial charge in [0, 0.05) is 30.5 Å². The highest BCUT2D eigenvalue weighted by Gasteiger charge is 2.58. The molecule has 0 saturated carbocycles. The maximum Gasteiger partial charge on any atom is 0.253 e. The standard InChI is InChI=1S/C33H38ClN5O5/c34-24-5-2-1-4-20(24)7-13-27(40)37-18-3-16-33(37)17-14-23-10-12-26(39(23)32(33)44)30(42)36-19-15-21-6-8-22-9-11-25(29(35)41)38(22)31(43)28(21)36/h1-2,4-6,8,14,17,21-23,25-26,28H,3,7,9-13,15-16,18-19H2,(H2,35,41)/t21-,22-,23-,25-,26-,28-,33+/m0/s1. The molecule has 0 aliphatic carbocycles. The van der Waals surface area contributed by atoms with Crippen molar-refractivity contribution >= 4 is 41.1 Å². The number of carbonyl (C=O) groups is 5. The molecule has 0 aromatic heterocycles. The summed E-state index contributed by atoms with van der Waals surface area (Å²) in [5.41, 5.74) is 5.44. The summed E-state index contributed by atoms with van der Waals surface area (Å²) in [4.78, 5) is 75.1. The molecule has 0 unspecified atom stereocenters. The maximum atomic E-state index is 14.4. The molecule has 6 aliphatic heterocycles. The summed E-state index contributed by atoms with van der Waals surface area (Å²) in [6.07, 6.45) is 12.8. The lowest BCUT2D eigenvalue weighted by atomic mass is 9.88. The summed E-state index contributed by atoms with van der Waals surface area (Å²) in [6.45, 7) is 0.879. The van der Waals surface area contributed by atoms with Crippen molar-refractivity contribution in [2.75, 3.05) is 13.1 Å². The van der Waals surface area contributed by atoms with Gasteiger partial charge in [-0.1, -0.05) is 54.1 Å². The number of rotatable bonds is 5. The van der Waals surface area contributed by atoms with E-state index in [1.165, 1.54) is 0 Å². The number of nitrogens with two attached hydrogens (primary N) is 1. The van der Waals surface area contributed by atoms with Crippen molar-refractivity contribution in [1.29, 1.82) is 0 Å². The number of hydrogen-bond acceptors (Lipinski definition) is 5. The van der Waals surface area contributed by atoms with Gasteiger partial charge in [0.25, 0.3) is 5.91 Å². The third-order valence-electron chi connectivity index (χ3n) is 10.8. The van der Waals surface area contributed by atoms with E-state index >= 15 is 0 Å². The number of carbonyl (C=O) groups excluding carboxylic acids is 5. The number of benzene rings is 1. The summed E-state index contributed by atoms with van der Waals surface area (Å²) >= 11 is 6.32. The van der Waals surface area contributed by atoms with E-state index in [2.05, 4.69) is 0 Å². The number of nitrogens with zero attached hydrogens (tertiary/aromatic N) is 4. The lowest BCUT2D eigenvalue weighted by Crippen LogP contribution is -2.64. The smallest absolute Gasteiger partial charge is 0.253 e. The average Bonchev–Trinajstić information content (AvgIpc) is 3.80. The molecule has 6 aliphatic rings. The van der Waals surface area contributed by atoms with E-state index in [-0.39, 0.29) is 48.1 Å². The van der Waals surface area contributed by atoms with Gasteiger partial charge in [-0.2, -0.15) is 0 Å². The van der Waals surface area contributed by atoms with Crippen molar-refractivity contribution in [1.82, 2.24) is 19.6 Å². The Morgan fingerprint density at radius 3 is 2.43 bits per heavy atom. The number of likely N-dealkylation sites (tertiary alicyclic amines) is 2. The Kier molecular flexibility index (Phi) is 7.30. The normalized spacial score (nSPS) is 34.0. The van der Waals surface area contributed by atoms with E-state index in [0.29, 0.717) is 69.5 Å². The van der Waals surface area contributed by atoms with Crippen molar-refractivity contribution in [3.05, 3.63) is 59.2 Å². The zero-order valence-corrected chi connectivity index (χ0v) is 25.4. The van der Waals surface area contributed by atoms with E-state index in [1.54, 1.807) is 25.7 Å². The number of halogens is 1. The van der Waals surface area contributed by atoms with E-state index in [4.69, 9.17) is 17.3 Å². The molecule has 1 spiro atoms. The molecule has 1 aromatic rings. The number of fused-ring (bicyclic) bond motifs is 3. The van der Waals surface area contributed by atoms with Crippen LogP contribution in [0.3, 0.4) is 0 Å². The molecule has 7 rings (SSSR count). The molecule has 44 heavy (non-hydrogen) atoms. The van der Waals surface area contributed by atoms with Gasteiger partial charge in [-0.25, -0.2) is 0 Å². The van der Waals surface area contributed by atoms with Crippen LogP contribution in [0.4, 0.5) is 0 Å². The van der Waals surface area contributed by atoms with Gasteiger partial charge in [-0.3, -0.25) is 24.0 Å². The average molecular weight is 620 g/mol. The summed E-state index contributed by atoms with van der Waals surface area (Å²) in [5.74, 6) is -1.46. The number of amides is 5. The highest BCUT2D eigenvalue weighted by Crippen LogP contribution is 2.43. The first kappa shape index (κ1) is 29.1. The molecule has 232 valence electrons. The van der Waals surface area contributed by atoms with Crippen LogP contribution in [-0.4, -0.2) is 98.0 Å². The second-order valence-corrected chi connectivity index (χ2v) is 13.4. The molecule has 1 aromatic carbocycles. The van der Waals surface area contributed by atoms with Crippen LogP contribution < -0.4 is 5.73 Å². The fourth-order valence-electron chi connectivity index (χ4n) is 8.61. The van der Waals surface area contributed by atoms with Crippen LogP contribution in [0.2, 0.25) is 5.02 Å². The first-order chi connectivity index (χ1) is 21.2. The Hall–Kier alpha value is -3.66. The molecule has 6 heterocycles. The predicted octanol–water partition coefficient (Wildman–Crippen LogP) is 2.19. The quantitative estimate of drug-likeness (QED) is 0.506. The SMILES string of the molecule is NC(=O)[C@@H]1CC[C@@H]2C=C[C@H]3CCN(C(=O)[C@@H]4CC[C@H]5C=C[C@]6(CCCN6C(=O)CCc6ccccc6Cl)C(=O)N54)[C@@H]3C(=O)N21. The Balaban J connectivity index is 1.11. The van der Waals surface area contributed by atoms with E-state index in [1.807, 2.05) is 42.5 Å². The third-order valence-corrected chi connectivity index (χ3v) is 11.1.